The standard InChI is InChI=1S/C7H9F3O2/c1-4-5(2-3-12-4)6(11)7(8,9)10/h4-5H,2-3H2,1H3. The fourth-order valence-electron chi connectivity index (χ4n) is 1.29. The lowest BCUT2D eigenvalue weighted by molar-refractivity contribution is -0.176. The molecule has 70 valence electrons. The Labute approximate surface area is 67.7 Å². The van der Waals surface area contributed by atoms with Gasteiger partial charge in [0.2, 0.25) is 5.78 Å². The van der Waals surface area contributed by atoms with E-state index in [2.05, 4.69) is 0 Å². The summed E-state index contributed by atoms with van der Waals surface area (Å²) in [5.74, 6) is -2.66. The van der Waals surface area contributed by atoms with Crippen LogP contribution in [0.4, 0.5) is 13.2 Å². The second-order valence-corrected chi connectivity index (χ2v) is 2.83. The molecule has 2 nitrogen and oxygen atoms in total. The van der Waals surface area contributed by atoms with Gasteiger partial charge in [0.15, 0.2) is 0 Å². The first-order valence-electron chi connectivity index (χ1n) is 3.65. The van der Waals surface area contributed by atoms with Crippen LogP contribution in [0, 0.1) is 5.92 Å². The van der Waals surface area contributed by atoms with Crippen molar-refractivity contribution in [2.75, 3.05) is 6.61 Å². The highest BCUT2D eigenvalue weighted by atomic mass is 19.4. The first-order chi connectivity index (χ1) is 5.43. The summed E-state index contributed by atoms with van der Waals surface area (Å²) < 4.78 is 40.5. The maximum absolute atomic E-state index is 11.9. The minimum atomic E-state index is -4.72. The zero-order valence-corrected chi connectivity index (χ0v) is 6.52. The van der Waals surface area contributed by atoms with E-state index in [4.69, 9.17) is 4.74 Å². The maximum Gasteiger partial charge on any atom is 0.450 e. The lowest BCUT2D eigenvalue weighted by atomic mass is 9.97. The SMILES string of the molecule is CC1OCCC1C(=O)C(F)(F)F. The van der Waals surface area contributed by atoms with Crippen LogP contribution < -0.4 is 0 Å². The van der Waals surface area contributed by atoms with Crippen molar-refractivity contribution in [1.82, 2.24) is 0 Å². The Morgan fingerprint density at radius 1 is 1.50 bits per heavy atom. The van der Waals surface area contributed by atoms with Crippen LogP contribution in [0.15, 0.2) is 0 Å². The Morgan fingerprint density at radius 2 is 2.08 bits per heavy atom. The summed E-state index contributed by atoms with van der Waals surface area (Å²) in [4.78, 5) is 10.7. The van der Waals surface area contributed by atoms with Gasteiger partial charge in [-0.3, -0.25) is 4.79 Å². The molecule has 0 amide bonds. The molecule has 12 heavy (non-hydrogen) atoms. The number of ether oxygens (including phenoxy) is 1. The second-order valence-electron chi connectivity index (χ2n) is 2.83. The smallest absolute Gasteiger partial charge is 0.378 e. The molecule has 1 fully saturated rings. The van der Waals surface area contributed by atoms with Gasteiger partial charge in [-0.2, -0.15) is 13.2 Å². The molecule has 0 bridgehead atoms. The van der Waals surface area contributed by atoms with E-state index >= 15 is 0 Å². The highest BCUT2D eigenvalue weighted by molar-refractivity contribution is 5.87. The summed E-state index contributed by atoms with van der Waals surface area (Å²) in [6.07, 6.45) is -5.13. The number of carbonyl (C=O) groups is 1. The van der Waals surface area contributed by atoms with Gasteiger partial charge in [-0.05, 0) is 13.3 Å². The molecule has 1 saturated heterocycles. The average Bonchev–Trinajstić information content (AvgIpc) is 2.31. The first kappa shape index (κ1) is 9.51. The summed E-state index contributed by atoms with van der Waals surface area (Å²) in [7, 11) is 0. The molecule has 1 rings (SSSR count). The van der Waals surface area contributed by atoms with Crippen LogP contribution in [0.1, 0.15) is 13.3 Å². The third-order valence-corrected chi connectivity index (χ3v) is 1.99. The molecular weight excluding hydrogens is 173 g/mol. The molecule has 0 spiro atoms. The number of halogens is 3. The Bertz CT molecular complexity index is 188. The lowest BCUT2D eigenvalue weighted by Crippen LogP contribution is -2.33. The molecule has 1 aliphatic rings. The highest BCUT2D eigenvalue weighted by Crippen LogP contribution is 2.29. The molecule has 2 unspecified atom stereocenters. The molecule has 0 aromatic carbocycles. The van der Waals surface area contributed by atoms with E-state index in [0.717, 1.165) is 0 Å². The Morgan fingerprint density at radius 3 is 2.42 bits per heavy atom. The molecule has 1 heterocycles. The van der Waals surface area contributed by atoms with Crippen molar-refractivity contribution >= 4 is 5.78 Å². The van der Waals surface area contributed by atoms with Crippen molar-refractivity contribution in [1.29, 1.82) is 0 Å². The van der Waals surface area contributed by atoms with E-state index in [-0.39, 0.29) is 13.0 Å². The monoisotopic (exact) mass is 182 g/mol. The lowest BCUT2D eigenvalue weighted by Gasteiger charge is -2.14. The fraction of sp³-hybridized carbons (Fsp3) is 0.857. The summed E-state index contributed by atoms with van der Waals surface area (Å²) in [6.45, 7) is 1.73. The van der Waals surface area contributed by atoms with Crippen molar-refractivity contribution in [3.63, 3.8) is 0 Å². The largest absolute Gasteiger partial charge is 0.450 e. The Hall–Kier alpha value is -0.580. The van der Waals surface area contributed by atoms with E-state index in [1.165, 1.54) is 6.92 Å². The van der Waals surface area contributed by atoms with Crippen LogP contribution in [0.25, 0.3) is 0 Å². The van der Waals surface area contributed by atoms with Crippen molar-refractivity contribution in [2.45, 2.75) is 25.6 Å². The van der Waals surface area contributed by atoms with Gasteiger partial charge in [0, 0.05) is 6.61 Å². The third-order valence-electron chi connectivity index (χ3n) is 1.99. The number of rotatable bonds is 1. The molecule has 2 atom stereocenters. The summed E-state index contributed by atoms with van der Waals surface area (Å²) >= 11 is 0. The van der Waals surface area contributed by atoms with Gasteiger partial charge >= 0.3 is 6.18 Å². The molecule has 5 heteroatoms. The number of alkyl halides is 3. The number of hydrogen-bond acceptors (Lipinski definition) is 2. The average molecular weight is 182 g/mol. The van der Waals surface area contributed by atoms with E-state index in [0.29, 0.717) is 0 Å². The van der Waals surface area contributed by atoms with Gasteiger partial charge in [-0.1, -0.05) is 0 Å². The van der Waals surface area contributed by atoms with Gasteiger partial charge in [0.05, 0.1) is 12.0 Å². The quantitative estimate of drug-likeness (QED) is 0.614. The topological polar surface area (TPSA) is 26.3 Å². The molecule has 0 N–H and O–H groups in total. The Balaban J connectivity index is 2.64. The van der Waals surface area contributed by atoms with E-state index < -0.39 is 24.0 Å². The van der Waals surface area contributed by atoms with Crippen LogP contribution in [-0.2, 0) is 9.53 Å². The molecular formula is C7H9F3O2. The van der Waals surface area contributed by atoms with Crippen molar-refractivity contribution in [2.24, 2.45) is 5.92 Å². The molecule has 1 aliphatic heterocycles. The van der Waals surface area contributed by atoms with Crippen LogP contribution in [0.5, 0.6) is 0 Å². The van der Waals surface area contributed by atoms with Crippen LogP contribution in [0.3, 0.4) is 0 Å². The second kappa shape index (κ2) is 3.05. The molecule has 0 aliphatic carbocycles. The summed E-state index contributed by atoms with van der Waals surface area (Å²) in [5, 5.41) is 0. The molecule has 0 aromatic heterocycles. The minimum Gasteiger partial charge on any atom is -0.378 e. The van der Waals surface area contributed by atoms with Crippen LogP contribution >= 0.6 is 0 Å². The highest BCUT2D eigenvalue weighted by Gasteiger charge is 2.46. The van der Waals surface area contributed by atoms with E-state index in [9.17, 15) is 18.0 Å². The van der Waals surface area contributed by atoms with Crippen molar-refractivity contribution < 1.29 is 22.7 Å². The molecule has 0 aromatic rings. The fourth-order valence-corrected chi connectivity index (χ4v) is 1.29. The van der Waals surface area contributed by atoms with Gasteiger partial charge in [0.1, 0.15) is 0 Å². The van der Waals surface area contributed by atoms with Crippen molar-refractivity contribution in [3.8, 4) is 0 Å². The molecule has 0 radical (unpaired) electrons. The summed E-state index contributed by atoms with van der Waals surface area (Å²) in [5.41, 5.74) is 0. The molecule has 0 saturated carbocycles. The predicted octanol–water partition coefficient (Wildman–Crippen LogP) is 1.54. The number of carbonyl (C=O) groups excluding carboxylic acids is 1. The minimum absolute atomic E-state index is 0.180. The van der Waals surface area contributed by atoms with Crippen LogP contribution in [0.2, 0.25) is 0 Å². The normalized spacial score (nSPS) is 30.7. The number of ketones is 1. The predicted molar refractivity (Wildman–Crippen MR) is 34.6 cm³/mol. The van der Waals surface area contributed by atoms with Crippen LogP contribution in [-0.4, -0.2) is 24.7 Å². The van der Waals surface area contributed by atoms with E-state index in [1.807, 2.05) is 0 Å². The van der Waals surface area contributed by atoms with E-state index in [1.54, 1.807) is 0 Å². The zero-order chi connectivity index (χ0) is 9.35. The first-order valence-corrected chi connectivity index (χ1v) is 3.65. The van der Waals surface area contributed by atoms with Gasteiger partial charge < -0.3 is 4.74 Å². The Kier molecular flexibility index (Phi) is 2.41. The van der Waals surface area contributed by atoms with Gasteiger partial charge in [0.25, 0.3) is 0 Å². The van der Waals surface area contributed by atoms with Crippen molar-refractivity contribution in [3.05, 3.63) is 0 Å². The zero-order valence-electron chi connectivity index (χ0n) is 6.52. The van der Waals surface area contributed by atoms with Gasteiger partial charge in [-0.25, -0.2) is 0 Å². The number of hydrogen-bond donors (Lipinski definition) is 0. The number of Topliss-reactive ketones (excluding diaryl/α,β-unsaturated/α-hetero) is 1. The summed E-state index contributed by atoms with van der Waals surface area (Å²) in [6, 6.07) is 0. The van der Waals surface area contributed by atoms with Gasteiger partial charge in [-0.15, -0.1) is 0 Å². The maximum atomic E-state index is 11.9. The third kappa shape index (κ3) is 1.77.